The third-order valence-corrected chi connectivity index (χ3v) is 7.34. The summed E-state index contributed by atoms with van der Waals surface area (Å²) in [5, 5.41) is 18.0. The monoisotopic (exact) mass is 389 g/mol. The maximum Gasteiger partial charge on any atom is 0.181 e. The number of nitrogens with zero attached hydrogens (tertiary/aromatic N) is 2. The highest BCUT2D eigenvalue weighted by atomic mass is 32.2. The molecule has 2 aromatic rings. The number of fused-ring (bicyclic) bond motifs is 1. The highest BCUT2D eigenvalue weighted by Gasteiger charge is 2.32. The number of benzene rings is 1. The molecule has 0 bridgehead atoms. The summed E-state index contributed by atoms with van der Waals surface area (Å²) in [5.74, 6) is 1.20. The van der Waals surface area contributed by atoms with E-state index < -0.39 is 9.84 Å². The predicted molar refractivity (Wildman–Crippen MR) is 105 cm³/mol. The summed E-state index contributed by atoms with van der Waals surface area (Å²) in [6.07, 6.45) is 2.78. The number of hydrogen-bond acceptors (Lipinski definition) is 5. The molecule has 0 saturated heterocycles. The van der Waals surface area contributed by atoms with Crippen LogP contribution in [0.3, 0.4) is 0 Å². The van der Waals surface area contributed by atoms with Crippen LogP contribution in [0.5, 0.6) is 0 Å². The van der Waals surface area contributed by atoms with Gasteiger partial charge in [0.25, 0.3) is 0 Å². The third-order valence-electron chi connectivity index (χ3n) is 5.50. The molecule has 1 fully saturated rings. The lowest BCUT2D eigenvalue weighted by atomic mass is 10.0. The molecule has 0 spiro atoms. The van der Waals surface area contributed by atoms with E-state index in [4.69, 9.17) is 5.10 Å². The molecule has 0 unspecified atom stereocenters. The summed E-state index contributed by atoms with van der Waals surface area (Å²) in [7, 11) is -3.25. The van der Waals surface area contributed by atoms with Crippen LogP contribution in [0.2, 0.25) is 0 Å². The van der Waals surface area contributed by atoms with Gasteiger partial charge in [-0.15, -0.1) is 0 Å². The Labute approximate surface area is 160 Å². The molecule has 2 heterocycles. The average Bonchev–Trinajstić information content (AvgIpc) is 3.25. The Hall–Kier alpha value is -1.86. The zero-order chi connectivity index (χ0) is 19.4. The van der Waals surface area contributed by atoms with Crippen molar-refractivity contribution in [3.63, 3.8) is 0 Å². The Bertz CT molecular complexity index is 973. The van der Waals surface area contributed by atoms with Crippen LogP contribution in [0, 0.1) is 0 Å². The second-order valence-electron chi connectivity index (χ2n) is 8.69. The lowest BCUT2D eigenvalue weighted by Gasteiger charge is -2.23. The number of hydrogen-bond donors (Lipinski definition) is 2. The number of anilines is 2. The van der Waals surface area contributed by atoms with Crippen LogP contribution in [0.1, 0.15) is 57.2 Å². The van der Waals surface area contributed by atoms with Gasteiger partial charge < -0.3 is 10.4 Å². The van der Waals surface area contributed by atoms with E-state index in [9.17, 15) is 13.5 Å². The minimum atomic E-state index is -3.25. The molecule has 7 heteroatoms. The summed E-state index contributed by atoms with van der Waals surface area (Å²) in [5.41, 5.74) is 2.20. The smallest absolute Gasteiger partial charge is 0.181 e. The van der Waals surface area contributed by atoms with E-state index >= 15 is 0 Å². The van der Waals surface area contributed by atoms with E-state index in [2.05, 4.69) is 26.1 Å². The van der Waals surface area contributed by atoms with Crippen molar-refractivity contribution in [1.29, 1.82) is 0 Å². The first kappa shape index (κ1) is 18.5. The highest BCUT2D eigenvalue weighted by Crippen LogP contribution is 2.38. The maximum absolute atomic E-state index is 12.5. The van der Waals surface area contributed by atoms with Gasteiger partial charge in [-0.05, 0) is 58.1 Å². The Balaban J connectivity index is 1.75. The van der Waals surface area contributed by atoms with E-state index in [-0.39, 0.29) is 23.3 Å². The summed E-state index contributed by atoms with van der Waals surface area (Å²) in [4.78, 5) is 0.421. The van der Waals surface area contributed by atoms with E-state index in [1.54, 1.807) is 0 Å². The van der Waals surface area contributed by atoms with Crippen molar-refractivity contribution >= 4 is 21.3 Å². The molecule has 1 saturated carbocycles. The molecule has 1 aliphatic heterocycles. The van der Waals surface area contributed by atoms with Crippen LogP contribution in [0.4, 0.5) is 11.5 Å². The molecule has 2 N–H and O–H groups in total. The van der Waals surface area contributed by atoms with Gasteiger partial charge in [-0.2, -0.15) is 5.10 Å². The fraction of sp³-hybridized carbons (Fsp3) is 0.550. The lowest BCUT2D eigenvalue weighted by Crippen LogP contribution is -2.25. The number of aryl methyl sites for hydroxylation is 1. The molecular formula is C20H27N3O3S. The molecule has 1 aliphatic carbocycles. The first-order chi connectivity index (χ1) is 12.6. The van der Waals surface area contributed by atoms with Gasteiger partial charge in [0.2, 0.25) is 0 Å². The third kappa shape index (κ3) is 3.38. The molecule has 1 aromatic carbocycles. The Morgan fingerprint density at radius 2 is 2.04 bits per heavy atom. The van der Waals surface area contributed by atoms with E-state index in [1.165, 1.54) is 0 Å². The molecule has 4 rings (SSSR count). The second-order valence-corrected chi connectivity index (χ2v) is 10.7. The minimum Gasteiger partial charge on any atom is -0.393 e. The number of aliphatic hydroxyl groups excluding tert-OH is 1. The van der Waals surface area contributed by atoms with Crippen LogP contribution in [0.15, 0.2) is 29.2 Å². The van der Waals surface area contributed by atoms with Crippen LogP contribution in [-0.2, 0) is 21.8 Å². The number of nitrogens with one attached hydrogen (secondary N) is 1. The molecule has 0 amide bonds. The van der Waals surface area contributed by atoms with Crippen LogP contribution >= 0.6 is 0 Å². The molecule has 27 heavy (non-hydrogen) atoms. The summed E-state index contributed by atoms with van der Waals surface area (Å²) >= 11 is 0. The maximum atomic E-state index is 12.5. The molecule has 0 radical (unpaired) electrons. The fourth-order valence-corrected chi connectivity index (χ4v) is 5.87. The highest BCUT2D eigenvalue weighted by molar-refractivity contribution is 7.91. The van der Waals surface area contributed by atoms with E-state index in [0.717, 1.165) is 36.3 Å². The van der Waals surface area contributed by atoms with E-state index in [0.29, 0.717) is 17.0 Å². The van der Waals surface area contributed by atoms with Crippen molar-refractivity contribution in [3.05, 3.63) is 35.5 Å². The Morgan fingerprint density at radius 3 is 2.70 bits per heavy atom. The van der Waals surface area contributed by atoms with Crippen molar-refractivity contribution in [2.45, 2.75) is 68.9 Å². The number of sulfone groups is 1. The molecular weight excluding hydrogens is 362 g/mol. The average molecular weight is 390 g/mol. The summed E-state index contributed by atoms with van der Waals surface area (Å²) < 4.78 is 26.9. The molecule has 2 aliphatic rings. The fourth-order valence-electron chi connectivity index (χ4n) is 4.16. The standard InChI is InChI=1S/C20H27N3O3S/c1-20(2,3)23-18(12-17(22-23)14-7-8-15(24)11-14)21-16-6-4-5-13-9-10-27(25,26)19(13)16/h4-6,12,14-15,21,24H,7-11H2,1-3H3/t14-,15+/m0/s1. The minimum absolute atomic E-state index is 0.171. The normalized spacial score (nSPS) is 24.1. The Kier molecular flexibility index (Phi) is 4.35. The van der Waals surface area contributed by atoms with Gasteiger partial charge in [-0.1, -0.05) is 12.1 Å². The van der Waals surface area contributed by atoms with Gasteiger partial charge in [0.05, 0.1) is 33.7 Å². The van der Waals surface area contributed by atoms with Gasteiger partial charge in [0, 0.05) is 12.0 Å². The topological polar surface area (TPSA) is 84.2 Å². The molecule has 146 valence electrons. The van der Waals surface area contributed by atoms with Crippen LogP contribution in [-0.4, -0.2) is 35.2 Å². The number of aliphatic hydroxyl groups is 1. The quantitative estimate of drug-likeness (QED) is 0.841. The number of aromatic nitrogens is 2. The zero-order valence-electron chi connectivity index (χ0n) is 16.1. The second kappa shape index (κ2) is 6.34. The Morgan fingerprint density at radius 1 is 1.26 bits per heavy atom. The first-order valence-corrected chi connectivity index (χ1v) is 11.2. The van der Waals surface area contributed by atoms with Crippen molar-refractivity contribution in [1.82, 2.24) is 9.78 Å². The first-order valence-electron chi connectivity index (χ1n) is 9.55. The van der Waals surface area contributed by atoms with Crippen molar-refractivity contribution < 1.29 is 13.5 Å². The lowest BCUT2D eigenvalue weighted by molar-refractivity contribution is 0.181. The number of rotatable bonds is 3. The molecule has 6 nitrogen and oxygen atoms in total. The van der Waals surface area contributed by atoms with Gasteiger partial charge in [-0.3, -0.25) is 0 Å². The summed E-state index contributed by atoms with van der Waals surface area (Å²) in [6, 6.07) is 7.61. The molecule has 2 atom stereocenters. The molecule has 1 aromatic heterocycles. The van der Waals surface area contributed by atoms with Gasteiger partial charge in [0.1, 0.15) is 5.82 Å². The largest absolute Gasteiger partial charge is 0.393 e. The SMILES string of the molecule is CC(C)(C)n1nc([C@H]2CC[C@@H](O)C2)cc1Nc1cccc2c1S(=O)(=O)CC2. The predicted octanol–water partition coefficient (Wildman–Crippen LogP) is 3.34. The zero-order valence-corrected chi connectivity index (χ0v) is 16.9. The van der Waals surface area contributed by atoms with Crippen molar-refractivity contribution in [2.75, 3.05) is 11.1 Å². The van der Waals surface area contributed by atoms with Crippen molar-refractivity contribution in [3.8, 4) is 0 Å². The van der Waals surface area contributed by atoms with Crippen LogP contribution < -0.4 is 5.32 Å². The van der Waals surface area contributed by atoms with Gasteiger partial charge in [-0.25, -0.2) is 13.1 Å². The van der Waals surface area contributed by atoms with Crippen molar-refractivity contribution in [2.24, 2.45) is 0 Å². The van der Waals surface area contributed by atoms with Crippen LogP contribution in [0.25, 0.3) is 0 Å². The van der Waals surface area contributed by atoms with E-state index in [1.807, 2.05) is 28.9 Å². The summed E-state index contributed by atoms with van der Waals surface area (Å²) in [6.45, 7) is 6.22. The van der Waals surface area contributed by atoms with Gasteiger partial charge >= 0.3 is 0 Å². The van der Waals surface area contributed by atoms with Gasteiger partial charge in [0.15, 0.2) is 9.84 Å².